The van der Waals surface area contributed by atoms with Crippen molar-refractivity contribution < 1.29 is 14.3 Å². The Morgan fingerprint density at radius 2 is 1.94 bits per heavy atom. The quantitative estimate of drug-likeness (QED) is 0.476. The van der Waals surface area contributed by atoms with Gasteiger partial charge in [-0.05, 0) is 33.6 Å². The normalized spacial score (nSPS) is 23.7. The second kappa shape index (κ2) is 5.61. The number of hydrogen-bond donors (Lipinski definition) is 1. The Balaban J connectivity index is 2.05. The molecular weight excluding hydrogens is 246 g/mol. The largest absolute Gasteiger partial charge is 0.444 e. The molecule has 2 unspecified atom stereocenters. The van der Waals surface area contributed by atoms with Gasteiger partial charge in [0.2, 0.25) is 0 Å². The summed E-state index contributed by atoms with van der Waals surface area (Å²) in [6.07, 6.45) is 2.08. The lowest BCUT2D eigenvalue weighted by Crippen LogP contribution is -2.33. The number of rotatable bonds is 5. The monoisotopic (exact) mass is 273 g/mol. The van der Waals surface area contributed by atoms with Crippen LogP contribution >= 0.6 is 0 Å². The maximum absolute atomic E-state index is 11.4. The van der Waals surface area contributed by atoms with Gasteiger partial charge in [-0.2, -0.15) is 0 Å². The number of carbonyl (C=O) groups excluding carboxylic acids is 1. The van der Waals surface area contributed by atoms with Crippen LogP contribution in [0.15, 0.2) is 0 Å². The van der Waals surface area contributed by atoms with E-state index >= 15 is 0 Å². The zero-order valence-electron chi connectivity index (χ0n) is 12.5. The molecule has 0 bridgehead atoms. The smallest absolute Gasteiger partial charge is 0.407 e. The molecule has 0 aromatic carbocycles. The second-order valence-corrected chi connectivity index (χ2v) is 12.3. The molecule has 1 saturated heterocycles. The predicted molar refractivity (Wildman–Crippen MR) is 75.5 cm³/mol. The van der Waals surface area contributed by atoms with Crippen LogP contribution in [-0.4, -0.2) is 38.1 Å². The lowest BCUT2D eigenvalue weighted by molar-refractivity contribution is 0.0526. The van der Waals surface area contributed by atoms with E-state index in [-0.39, 0.29) is 6.09 Å². The van der Waals surface area contributed by atoms with E-state index < -0.39 is 13.7 Å². The lowest BCUT2D eigenvalue weighted by Gasteiger charge is -2.19. The van der Waals surface area contributed by atoms with E-state index in [4.69, 9.17) is 9.47 Å². The number of carbonyl (C=O) groups is 1. The summed E-state index contributed by atoms with van der Waals surface area (Å²) in [7, 11) is -1.13. The number of nitrogens with one attached hydrogen (secondary N) is 1. The zero-order chi connectivity index (χ0) is 14.0. The fourth-order valence-corrected chi connectivity index (χ4v) is 3.80. The highest BCUT2D eigenvalue weighted by Crippen LogP contribution is 2.34. The molecule has 0 aliphatic carbocycles. The molecule has 2 atom stereocenters. The number of alkyl carbamates (subject to hydrolysis) is 1. The van der Waals surface area contributed by atoms with Gasteiger partial charge in [0.05, 0.1) is 19.9 Å². The van der Waals surface area contributed by atoms with Crippen LogP contribution in [0.3, 0.4) is 0 Å². The van der Waals surface area contributed by atoms with Crippen LogP contribution in [0.25, 0.3) is 0 Å². The summed E-state index contributed by atoms with van der Waals surface area (Å²) in [4.78, 5) is 11.4. The van der Waals surface area contributed by atoms with Gasteiger partial charge in [0.15, 0.2) is 0 Å². The van der Waals surface area contributed by atoms with Crippen molar-refractivity contribution in [1.29, 1.82) is 0 Å². The average Bonchev–Trinajstić information content (AvgIpc) is 2.87. The summed E-state index contributed by atoms with van der Waals surface area (Å²) >= 11 is 0. The molecule has 0 spiro atoms. The van der Waals surface area contributed by atoms with E-state index in [2.05, 4.69) is 25.0 Å². The summed E-state index contributed by atoms with van der Waals surface area (Å²) < 4.78 is 10.8. The van der Waals surface area contributed by atoms with Gasteiger partial charge in [-0.3, -0.25) is 0 Å². The van der Waals surface area contributed by atoms with Crippen LogP contribution in [0.4, 0.5) is 4.79 Å². The van der Waals surface area contributed by atoms with E-state index in [0.29, 0.717) is 18.4 Å². The Bertz CT molecular complexity index is 294. The summed E-state index contributed by atoms with van der Waals surface area (Å²) in [6.45, 7) is 13.2. The minimum absolute atomic E-state index is 0.332. The van der Waals surface area contributed by atoms with Gasteiger partial charge in [0.25, 0.3) is 0 Å². The molecule has 5 heteroatoms. The maximum atomic E-state index is 11.4. The van der Waals surface area contributed by atoms with Gasteiger partial charge in [-0.1, -0.05) is 19.6 Å². The van der Waals surface area contributed by atoms with Crippen LogP contribution in [0.1, 0.15) is 33.6 Å². The van der Waals surface area contributed by atoms with Gasteiger partial charge < -0.3 is 14.8 Å². The van der Waals surface area contributed by atoms with Crippen molar-refractivity contribution in [2.75, 3.05) is 6.54 Å². The summed E-state index contributed by atoms with van der Waals surface area (Å²) in [5.41, 5.74) is 0.0890. The molecule has 0 aromatic rings. The van der Waals surface area contributed by atoms with Gasteiger partial charge >= 0.3 is 6.09 Å². The topological polar surface area (TPSA) is 50.9 Å². The van der Waals surface area contributed by atoms with Crippen molar-refractivity contribution in [3.8, 4) is 0 Å². The Labute approximate surface area is 111 Å². The molecule has 4 nitrogen and oxygen atoms in total. The van der Waals surface area contributed by atoms with E-state index in [1.165, 1.54) is 0 Å². The van der Waals surface area contributed by atoms with Crippen LogP contribution in [0, 0.1) is 0 Å². The van der Waals surface area contributed by atoms with Crippen LogP contribution in [0.5, 0.6) is 0 Å². The first-order chi connectivity index (χ1) is 8.09. The highest BCUT2D eigenvalue weighted by molar-refractivity contribution is 6.78. The minimum atomic E-state index is -1.13. The third-order valence-corrected chi connectivity index (χ3v) is 4.98. The summed E-state index contributed by atoms with van der Waals surface area (Å²) in [5.74, 6) is 0. The number of ether oxygens (including phenoxy) is 2. The summed E-state index contributed by atoms with van der Waals surface area (Å²) in [5, 5.41) is 2.77. The summed E-state index contributed by atoms with van der Waals surface area (Å²) in [6, 6.07) is 0. The number of hydrogen-bond acceptors (Lipinski definition) is 3. The second-order valence-electron chi connectivity index (χ2n) is 7.03. The van der Waals surface area contributed by atoms with E-state index in [9.17, 15) is 4.79 Å². The van der Waals surface area contributed by atoms with Crippen molar-refractivity contribution in [2.45, 2.75) is 70.7 Å². The molecule has 1 heterocycles. The van der Waals surface area contributed by atoms with Gasteiger partial charge in [0.1, 0.15) is 5.60 Å². The van der Waals surface area contributed by atoms with Crippen LogP contribution in [0.2, 0.25) is 19.6 Å². The fourth-order valence-electron chi connectivity index (χ4n) is 1.93. The highest BCUT2D eigenvalue weighted by atomic mass is 28.3. The number of epoxide rings is 1. The van der Waals surface area contributed by atoms with Crippen molar-refractivity contribution in [1.82, 2.24) is 5.32 Å². The van der Waals surface area contributed by atoms with Crippen molar-refractivity contribution in [3.05, 3.63) is 0 Å². The molecule has 0 aromatic heterocycles. The van der Waals surface area contributed by atoms with Crippen molar-refractivity contribution >= 4 is 14.2 Å². The van der Waals surface area contributed by atoms with Crippen molar-refractivity contribution in [2.24, 2.45) is 0 Å². The van der Waals surface area contributed by atoms with E-state index in [1.807, 2.05) is 20.8 Å². The van der Waals surface area contributed by atoms with E-state index in [0.717, 1.165) is 12.8 Å². The molecule has 18 heavy (non-hydrogen) atoms. The predicted octanol–water partition coefficient (Wildman–Crippen LogP) is 2.94. The molecule has 0 radical (unpaired) electrons. The molecule has 1 aliphatic heterocycles. The van der Waals surface area contributed by atoms with Gasteiger partial charge in [-0.15, -0.1) is 0 Å². The molecule has 1 aliphatic rings. The zero-order valence-corrected chi connectivity index (χ0v) is 13.5. The molecule has 1 fully saturated rings. The van der Waals surface area contributed by atoms with Crippen LogP contribution < -0.4 is 5.32 Å². The number of amides is 1. The highest BCUT2D eigenvalue weighted by Gasteiger charge is 2.47. The van der Waals surface area contributed by atoms with Gasteiger partial charge in [-0.25, -0.2) is 4.79 Å². The third-order valence-electron chi connectivity index (χ3n) is 2.77. The molecule has 1 rings (SSSR count). The molecule has 106 valence electrons. The van der Waals surface area contributed by atoms with Crippen LogP contribution in [-0.2, 0) is 9.47 Å². The molecule has 1 amide bonds. The first-order valence-electron chi connectivity index (χ1n) is 6.72. The Kier molecular flexibility index (Phi) is 4.83. The first-order valence-corrected chi connectivity index (χ1v) is 10.3. The molecular formula is C13H27NO3Si. The lowest BCUT2D eigenvalue weighted by atomic mass is 10.2. The van der Waals surface area contributed by atoms with E-state index in [1.54, 1.807) is 0 Å². The average molecular weight is 273 g/mol. The minimum Gasteiger partial charge on any atom is -0.444 e. The molecule has 0 saturated carbocycles. The maximum Gasteiger partial charge on any atom is 0.407 e. The van der Waals surface area contributed by atoms with Crippen molar-refractivity contribution in [3.63, 3.8) is 0 Å². The SMILES string of the molecule is CC(C)(C)OC(=O)NCCCC1OC1[Si](C)(C)C. The Morgan fingerprint density at radius 3 is 2.39 bits per heavy atom. The Hall–Kier alpha value is -0.553. The third kappa shape index (κ3) is 5.86. The Morgan fingerprint density at radius 1 is 1.33 bits per heavy atom. The standard InChI is InChI=1S/C13H27NO3Si/c1-13(2,3)17-12(15)14-9-7-8-10-11(16-10)18(4,5)6/h10-11H,7-9H2,1-6H3,(H,14,15). The van der Waals surface area contributed by atoms with Gasteiger partial charge in [0, 0.05) is 6.54 Å². The fraction of sp³-hybridized carbons (Fsp3) is 0.923. The molecule has 1 N–H and O–H groups in total. The first kappa shape index (κ1) is 15.5.